The lowest BCUT2D eigenvalue weighted by molar-refractivity contribution is -0.138. The predicted octanol–water partition coefficient (Wildman–Crippen LogP) is 1.65. The molecule has 1 fully saturated rings. The molecular weight excluding hydrogens is 244 g/mol. The summed E-state index contributed by atoms with van der Waals surface area (Å²) in [7, 11) is 0. The van der Waals surface area contributed by atoms with Crippen LogP contribution in [0.3, 0.4) is 0 Å². The number of carboxylic acids is 1. The third kappa shape index (κ3) is 5.59. The Morgan fingerprint density at radius 2 is 2.00 bits per heavy atom. The minimum Gasteiger partial charge on any atom is -0.481 e. The van der Waals surface area contributed by atoms with Crippen LogP contribution in [0.15, 0.2) is 0 Å². The van der Waals surface area contributed by atoms with Crippen molar-refractivity contribution in [2.45, 2.75) is 70.4 Å². The number of amides is 1. The Balaban J connectivity index is 2.56. The van der Waals surface area contributed by atoms with Crippen molar-refractivity contribution in [1.82, 2.24) is 5.32 Å². The van der Waals surface area contributed by atoms with Crippen molar-refractivity contribution in [2.75, 3.05) is 0 Å². The van der Waals surface area contributed by atoms with Crippen molar-refractivity contribution in [3.05, 3.63) is 0 Å². The van der Waals surface area contributed by atoms with Gasteiger partial charge >= 0.3 is 5.97 Å². The third-order valence-electron chi connectivity index (χ3n) is 3.81. The van der Waals surface area contributed by atoms with E-state index in [1.165, 1.54) is 0 Å². The highest BCUT2D eigenvalue weighted by atomic mass is 16.4. The molecule has 0 saturated heterocycles. The Labute approximate surface area is 114 Å². The molecule has 0 aromatic heterocycles. The van der Waals surface area contributed by atoms with Crippen LogP contribution >= 0.6 is 0 Å². The van der Waals surface area contributed by atoms with Gasteiger partial charge in [0.25, 0.3) is 0 Å². The molecule has 0 bridgehead atoms. The number of nitrogens with two attached hydrogens (primary N) is 1. The molecule has 3 atom stereocenters. The van der Waals surface area contributed by atoms with Gasteiger partial charge in [-0.3, -0.25) is 9.59 Å². The van der Waals surface area contributed by atoms with E-state index >= 15 is 0 Å². The zero-order chi connectivity index (χ0) is 14.3. The molecule has 0 spiro atoms. The van der Waals surface area contributed by atoms with E-state index in [2.05, 4.69) is 5.32 Å². The quantitative estimate of drug-likeness (QED) is 0.640. The van der Waals surface area contributed by atoms with Gasteiger partial charge in [0.05, 0.1) is 12.3 Å². The molecule has 110 valence electrons. The van der Waals surface area contributed by atoms with Crippen LogP contribution in [0.1, 0.15) is 58.3 Å². The van der Waals surface area contributed by atoms with Crippen molar-refractivity contribution in [3.63, 3.8) is 0 Å². The molecular formula is C14H26N2O3. The second-order valence-electron chi connectivity index (χ2n) is 5.50. The smallest absolute Gasteiger partial charge is 0.305 e. The lowest BCUT2D eigenvalue weighted by atomic mass is 9.94. The molecule has 5 nitrogen and oxygen atoms in total. The van der Waals surface area contributed by atoms with Gasteiger partial charge in [0.2, 0.25) is 5.91 Å². The van der Waals surface area contributed by atoms with Gasteiger partial charge in [-0.1, -0.05) is 32.6 Å². The minimum atomic E-state index is -0.871. The Morgan fingerprint density at radius 3 is 2.63 bits per heavy atom. The first-order valence-electron chi connectivity index (χ1n) is 7.32. The number of carbonyl (C=O) groups is 2. The van der Waals surface area contributed by atoms with Crippen molar-refractivity contribution in [3.8, 4) is 0 Å². The SMILES string of the molecule is CCCC(CC(=O)O)NC(=O)C1CCCCCC1N. The molecule has 19 heavy (non-hydrogen) atoms. The third-order valence-corrected chi connectivity index (χ3v) is 3.81. The van der Waals surface area contributed by atoms with Gasteiger partial charge in [-0.05, 0) is 19.3 Å². The number of aliphatic carboxylic acids is 1. The molecule has 4 N–H and O–H groups in total. The van der Waals surface area contributed by atoms with E-state index < -0.39 is 5.97 Å². The van der Waals surface area contributed by atoms with Crippen LogP contribution in [-0.2, 0) is 9.59 Å². The maximum Gasteiger partial charge on any atom is 0.305 e. The number of hydrogen-bond donors (Lipinski definition) is 3. The fourth-order valence-corrected chi connectivity index (χ4v) is 2.75. The van der Waals surface area contributed by atoms with Crippen LogP contribution in [0, 0.1) is 5.92 Å². The Bertz CT molecular complexity index is 307. The van der Waals surface area contributed by atoms with Gasteiger partial charge in [-0.25, -0.2) is 0 Å². The maximum atomic E-state index is 12.2. The van der Waals surface area contributed by atoms with Crippen molar-refractivity contribution >= 4 is 11.9 Å². The van der Waals surface area contributed by atoms with E-state index in [0.717, 1.165) is 38.5 Å². The first kappa shape index (κ1) is 16.0. The summed E-state index contributed by atoms with van der Waals surface area (Å²) in [6.07, 6.45) is 6.48. The van der Waals surface area contributed by atoms with E-state index in [4.69, 9.17) is 10.8 Å². The molecule has 1 aliphatic carbocycles. The second kappa shape index (κ2) is 8.15. The Kier molecular flexibility index (Phi) is 6.84. The van der Waals surface area contributed by atoms with Gasteiger partial charge in [0.1, 0.15) is 0 Å². The second-order valence-corrected chi connectivity index (χ2v) is 5.50. The van der Waals surface area contributed by atoms with E-state index in [9.17, 15) is 9.59 Å². The maximum absolute atomic E-state index is 12.2. The van der Waals surface area contributed by atoms with Crippen molar-refractivity contribution in [1.29, 1.82) is 0 Å². The van der Waals surface area contributed by atoms with Gasteiger partial charge in [0.15, 0.2) is 0 Å². The van der Waals surface area contributed by atoms with Crippen LogP contribution in [0.2, 0.25) is 0 Å². The van der Waals surface area contributed by atoms with Crippen LogP contribution in [0.4, 0.5) is 0 Å². The highest BCUT2D eigenvalue weighted by Gasteiger charge is 2.28. The fraction of sp³-hybridized carbons (Fsp3) is 0.857. The highest BCUT2D eigenvalue weighted by Crippen LogP contribution is 2.22. The van der Waals surface area contributed by atoms with Gasteiger partial charge < -0.3 is 16.2 Å². The molecule has 3 unspecified atom stereocenters. The number of hydrogen-bond acceptors (Lipinski definition) is 3. The van der Waals surface area contributed by atoms with Crippen LogP contribution < -0.4 is 11.1 Å². The summed E-state index contributed by atoms with van der Waals surface area (Å²) in [4.78, 5) is 23.0. The number of carboxylic acid groups (broad SMARTS) is 1. The number of carbonyl (C=O) groups excluding carboxylic acids is 1. The van der Waals surface area contributed by atoms with Crippen molar-refractivity contribution < 1.29 is 14.7 Å². The monoisotopic (exact) mass is 270 g/mol. The molecule has 1 aliphatic rings. The summed E-state index contributed by atoms with van der Waals surface area (Å²) in [5.41, 5.74) is 6.05. The lowest BCUT2D eigenvalue weighted by Gasteiger charge is -2.24. The van der Waals surface area contributed by atoms with E-state index in [1.54, 1.807) is 0 Å². The summed E-state index contributed by atoms with van der Waals surface area (Å²) in [5, 5.41) is 11.7. The minimum absolute atomic E-state index is 0.0124. The summed E-state index contributed by atoms with van der Waals surface area (Å²) in [5.74, 6) is -1.09. The largest absolute Gasteiger partial charge is 0.481 e. The van der Waals surface area contributed by atoms with Gasteiger partial charge in [-0.15, -0.1) is 0 Å². The highest BCUT2D eigenvalue weighted by molar-refractivity contribution is 5.80. The fourth-order valence-electron chi connectivity index (χ4n) is 2.75. The van der Waals surface area contributed by atoms with Crippen LogP contribution in [0.25, 0.3) is 0 Å². The first-order chi connectivity index (χ1) is 9.04. The molecule has 5 heteroatoms. The number of nitrogens with one attached hydrogen (secondary N) is 1. The van der Waals surface area contributed by atoms with Crippen LogP contribution in [0.5, 0.6) is 0 Å². The summed E-state index contributed by atoms with van der Waals surface area (Å²) < 4.78 is 0. The van der Waals surface area contributed by atoms with E-state index in [1.807, 2.05) is 6.92 Å². The van der Waals surface area contributed by atoms with E-state index in [-0.39, 0.29) is 30.3 Å². The predicted molar refractivity (Wildman–Crippen MR) is 73.6 cm³/mol. The van der Waals surface area contributed by atoms with Gasteiger partial charge in [0, 0.05) is 12.1 Å². The normalized spacial score (nSPS) is 25.4. The van der Waals surface area contributed by atoms with Crippen LogP contribution in [-0.4, -0.2) is 29.1 Å². The molecule has 1 amide bonds. The zero-order valence-electron chi connectivity index (χ0n) is 11.7. The zero-order valence-corrected chi connectivity index (χ0v) is 11.7. The van der Waals surface area contributed by atoms with Crippen molar-refractivity contribution in [2.24, 2.45) is 11.7 Å². The topological polar surface area (TPSA) is 92.4 Å². The lowest BCUT2D eigenvalue weighted by Crippen LogP contribution is -2.45. The molecule has 0 aromatic rings. The standard InChI is InChI=1S/C14H26N2O3/c1-2-6-10(9-13(17)18)16-14(19)11-7-4-3-5-8-12(11)15/h10-12H,2-9,15H2,1H3,(H,16,19)(H,17,18). The summed E-state index contributed by atoms with van der Waals surface area (Å²) in [6, 6.07) is -0.361. The number of rotatable bonds is 6. The molecule has 0 aromatic carbocycles. The molecule has 1 rings (SSSR count). The molecule has 0 heterocycles. The van der Waals surface area contributed by atoms with Gasteiger partial charge in [-0.2, -0.15) is 0 Å². The summed E-state index contributed by atoms with van der Waals surface area (Å²) in [6.45, 7) is 1.98. The molecule has 1 saturated carbocycles. The van der Waals surface area contributed by atoms with E-state index in [0.29, 0.717) is 6.42 Å². The first-order valence-corrected chi connectivity index (χ1v) is 7.32. The Morgan fingerprint density at radius 1 is 1.32 bits per heavy atom. The average molecular weight is 270 g/mol. The molecule has 0 radical (unpaired) electrons. The average Bonchev–Trinajstić information content (AvgIpc) is 2.53. The summed E-state index contributed by atoms with van der Waals surface area (Å²) >= 11 is 0. The molecule has 0 aliphatic heterocycles. The Hall–Kier alpha value is -1.10.